The Bertz CT molecular complexity index is 898. The zero-order chi connectivity index (χ0) is 17.8. The first-order chi connectivity index (χ1) is 12.1. The van der Waals surface area contributed by atoms with Gasteiger partial charge < -0.3 is 19.2 Å². The van der Waals surface area contributed by atoms with Crippen molar-refractivity contribution >= 4 is 16.9 Å². The third kappa shape index (κ3) is 3.60. The lowest BCUT2D eigenvalue weighted by Gasteiger charge is -2.11. The summed E-state index contributed by atoms with van der Waals surface area (Å²) in [4.78, 5) is 12.2. The topological polar surface area (TPSA) is 60.7 Å². The summed E-state index contributed by atoms with van der Waals surface area (Å²) < 4.78 is 16.6. The van der Waals surface area contributed by atoms with E-state index in [2.05, 4.69) is 5.32 Å². The van der Waals surface area contributed by atoms with Crippen LogP contribution in [0, 0.1) is 13.8 Å². The van der Waals surface area contributed by atoms with Gasteiger partial charge in [-0.1, -0.05) is 24.3 Å². The second-order valence-corrected chi connectivity index (χ2v) is 5.79. The summed E-state index contributed by atoms with van der Waals surface area (Å²) in [6, 6.07) is 13.2. The van der Waals surface area contributed by atoms with Crippen LogP contribution >= 0.6 is 0 Å². The molecule has 0 spiro atoms. The fourth-order valence-electron chi connectivity index (χ4n) is 2.60. The van der Waals surface area contributed by atoms with E-state index in [-0.39, 0.29) is 11.7 Å². The van der Waals surface area contributed by atoms with Crippen molar-refractivity contribution in [3.63, 3.8) is 0 Å². The second kappa shape index (κ2) is 7.30. The molecule has 3 rings (SSSR count). The van der Waals surface area contributed by atoms with Gasteiger partial charge in [-0.15, -0.1) is 0 Å². The van der Waals surface area contributed by atoms with Crippen molar-refractivity contribution < 1.29 is 18.7 Å². The van der Waals surface area contributed by atoms with E-state index in [0.29, 0.717) is 24.5 Å². The number of methoxy groups -OCH3 is 1. The maximum absolute atomic E-state index is 12.2. The van der Waals surface area contributed by atoms with Crippen LogP contribution in [-0.4, -0.2) is 26.2 Å². The molecule has 1 aromatic heterocycles. The fourth-order valence-corrected chi connectivity index (χ4v) is 2.60. The van der Waals surface area contributed by atoms with Crippen molar-refractivity contribution in [3.8, 4) is 11.5 Å². The van der Waals surface area contributed by atoms with Crippen LogP contribution in [0.1, 0.15) is 21.7 Å². The summed E-state index contributed by atoms with van der Waals surface area (Å²) >= 11 is 0. The SMILES string of the molecule is COc1cccc2cc(C(=O)NCCOc3cccc(C)c3C)oc12. The molecule has 0 atom stereocenters. The van der Waals surface area contributed by atoms with Crippen LogP contribution < -0.4 is 14.8 Å². The van der Waals surface area contributed by atoms with Crippen molar-refractivity contribution in [1.82, 2.24) is 5.32 Å². The highest BCUT2D eigenvalue weighted by molar-refractivity contribution is 5.97. The number of hydrogen-bond acceptors (Lipinski definition) is 4. The summed E-state index contributed by atoms with van der Waals surface area (Å²) in [6.45, 7) is 4.84. The first-order valence-electron chi connectivity index (χ1n) is 8.14. The van der Waals surface area contributed by atoms with Crippen molar-refractivity contribution in [2.24, 2.45) is 0 Å². The molecule has 1 heterocycles. The minimum atomic E-state index is -0.275. The average Bonchev–Trinajstić information content (AvgIpc) is 3.06. The van der Waals surface area contributed by atoms with Gasteiger partial charge in [0.2, 0.25) is 0 Å². The van der Waals surface area contributed by atoms with Gasteiger partial charge in [0.05, 0.1) is 13.7 Å². The minimum Gasteiger partial charge on any atom is -0.493 e. The molecule has 130 valence electrons. The van der Waals surface area contributed by atoms with Gasteiger partial charge in [0.25, 0.3) is 5.91 Å². The number of carbonyl (C=O) groups excluding carboxylic acids is 1. The molecule has 5 nitrogen and oxygen atoms in total. The lowest BCUT2D eigenvalue weighted by molar-refractivity contribution is 0.0921. The Morgan fingerprint density at radius 3 is 2.68 bits per heavy atom. The Kier molecular flexibility index (Phi) is 4.93. The molecule has 0 saturated heterocycles. The van der Waals surface area contributed by atoms with E-state index in [1.165, 1.54) is 5.56 Å². The highest BCUT2D eigenvalue weighted by Crippen LogP contribution is 2.28. The first kappa shape index (κ1) is 16.9. The quantitative estimate of drug-likeness (QED) is 0.693. The molecule has 5 heteroatoms. The summed E-state index contributed by atoms with van der Waals surface area (Å²) in [7, 11) is 1.57. The minimum absolute atomic E-state index is 0.256. The molecule has 0 fully saturated rings. The summed E-state index contributed by atoms with van der Waals surface area (Å²) in [5, 5.41) is 3.63. The maximum atomic E-state index is 12.2. The molecule has 1 N–H and O–H groups in total. The van der Waals surface area contributed by atoms with Gasteiger partial charge in [-0.25, -0.2) is 0 Å². The number of amides is 1. The van der Waals surface area contributed by atoms with Crippen LogP contribution in [0.2, 0.25) is 0 Å². The molecule has 0 bridgehead atoms. The average molecular weight is 339 g/mol. The molecular formula is C20H21NO4. The molecule has 0 aliphatic carbocycles. The fraction of sp³-hybridized carbons (Fsp3) is 0.250. The van der Waals surface area contributed by atoms with E-state index < -0.39 is 0 Å². The molecule has 25 heavy (non-hydrogen) atoms. The maximum Gasteiger partial charge on any atom is 0.287 e. The third-order valence-electron chi connectivity index (χ3n) is 4.15. The summed E-state index contributed by atoms with van der Waals surface area (Å²) in [5.74, 6) is 1.42. The van der Waals surface area contributed by atoms with Crippen molar-refractivity contribution in [1.29, 1.82) is 0 Å². The predicted octanol–water partition coefficient (Wildman–Crippen LogP) is 3.87. The number of benzene rings is 2. The third-order valence-corrected chi connectivity index (χ3v) is 4.15. The first-order valence-corrected chi connectivity index (χ1v) is 8.14. The van der Waals surface area contributed by atoms with E-state index in [9.17, 15) is 4.79 Å². The number of fused-ring (bicyclic) bond motifs is 1. The molecule has 0 unspecified atom stereocenters. The largest absolute Gasteiger partial charge is 0.493 e. The smallest absolute Gasteiger partial charge is 0.287 e. The van der Waals surface area contributed by atoms with Crippen molar-refractivity contribution in [2.45, 2.75) is 13.8 Å². The van der Waals surface area contributed by atoms with Gasteiger partial charge in [-0.05, 0) is 43.2 Å². The molecule has 0 saturated carbocycles. The van der Waals surface area contributed by atoms with Crippen LogP contribution in [0.15, 0.2) is 46.9 Å². The number of nitrogens with one attached hydrogen (secondary N) is 1. The van der Waals surface area contributed by atoms with Gasteiger partial charge in [0.1, 0.15) is 12.4 Å². The van der Waals surface area contributed by atoms with Gasteiger partial charge in [-0.2, -0.15) is 0 Å². The molecule has 0 radical (unpaired) electrons. The van der Waals surface area contributed by atoms with E-state index in [1.807, 2.05) is 44.2 Å². The molecule has 1 amide bonds. The van der Waals surface area contributed by atoms with Gasteiger partial charge in [0, 0.05) is 5.39 Å². The Balaban J connectivity index is 1.59. The zero-order valence-corrected chi connectivity index (χ0v) is 14.6. The lowest BCUT2D eigenvalue weighted by atomic mass is 10.1. The molecule has 3 aromatic rings. The van der Waals surface area contributed by atoms with E-state index >= 15 is 0 Å². The highest BCUT2D eigenvalue weighted by Gasteiger charge is 2.14. The lowest BCUT2D eigenvalue weighted by Crippen LogP contribution is -2.27. The van der Waals surface area contributed by atoms with Crippen LogP contribution in [-0.2, 0) is 0 Å². The van der Waals surface area contributed by atoms with E-state index in [0.717, 1.165) is 16.7 Å². The molecular weight excluding hydrogens is 318 g/mol. The van der Waals surface area contributed by atoms with Crippen LogP contribution in [0.25, 0.3) is 11.0 Å². The number of ether oxygens (including phenoxy) is 2. The number of hydrogen-bond donors (Lipinski definition) is 1. The standard InChI is InChI=1S/C20H21NO4/c1-13-6-4-8-16(14(13)2)24-11-10-21-20(22)18-12-15-7-5-9-17(23-3)19(15)25-18/h4-9,12H,10-11H2,1-3H3,(H,21,22). The van der Waals surface area contributed by atoms with Crippen molar-refractivity contribution in [2.75, 3.05) is 20.3 Å². The number of furan rings is 1. The highest BCUT2D eigenvalue weighted by atomic mass is 16.5. The Labute approximate surface area is 146 Å². The molecule has 2 aromatic carbocycles. The van der Waals surface area contributed by atoms with E-state index in [1.54, 1.807) is 19.2 Å². The van der Waals surface area contributed by atoms with Crippen molar-refractivity contribution in [3.05, 3.63) is 59.4 Å². The van der Waals surface area contributed by atoms with Gasteiger partial charge in [0.15, 0.2) is 17.1 Å². The van der Waals surface area contributed by atoms with E-state index in [4.69, 9.17) is 13.9 Å². The van der Waals surface area contributed by atoms with Gasteiger partial charge >= 0.3 is 0 Å². The number of carbonyl (C=O) groups is 1. The van der Waals surface area contributed by atoms with Crippen LogP contribution in [0.5, 0.6) is 11.5 Å². The number of para-hydroxylation sites is 1. The second-order valence-electron chi connectivity index (χ2n) is 5.79. The molecule has 0 aliphatic heterocycles. The zero-order valence-electron chi connectivity index (χ0n) is 14.6. The monoisotopic (exact) mass is 339 g/mol. The van der Waals surface area contributed by atoms with Crippen LogP contribution in [0.4, 0.5) is 0 Å². The Morgan fingerprint density at radius 2 is 1.88 bits per heavy atom. The Hall–Kier alpha value is -2.95. The number of rotatable bonds is 6. The normalized spacial score (nSPS) is 10.7. The molecule has 0 aliphatic rings. The number of aryl methyl sites for hydroxylation is 1. The van der Waals surface area contributed by atoms with Gasteiger partial charge in [-0.3, -0.25) is 4.79 Å². The van der Waals surface area contributed by atoms with Crippen LogP contribution in [0.3, 0.4) is 0 Å². The Morgan fingerprint density at radius 1 is 1.12 bits per heavy atom. The summed E-state index contributed by atoms with van der Waals surface area (Å²) in [5.41, 5.74) is 2.86. The summed E-state index contributed by atoms with van der Waals surface area (Å²) in [6.07, 6.45) is 0. The predicted molar refractivity (Wildman–Crippen MR) is 96.5 cm³/mol.